The summed E-state index contributed by atoms with van der Waals surface area (Å²) < 4.78 is 0.945. The maximum atomic E-state index is 5.66. The highest BCUT2D eigenvalue weighted by atomic mass is 79.9. The predicted octanol–water partition coefficient (Wildman–Crippen LogP) is 3.95. The fourth-order valence-electron chi connectivity index (χ4n) is 1.73. The zero-order valence-corrected chi connectivity index (χ0v) is 14.0. The Hall–Kier alpha value is -0.610. The average Bonchev–Trinajstić information content (AvgIpc) is 2.25. The molecule has 0 aromatic heterocycles. The van der Waals surface area contributed by atoms with Crippen LogP contribution in [0.5, 0.6) is 0 Å². The van der Waals surface area contributed by atoms with Crippen LogP contribution in [0.1, 0.15) is 33.3 Å². The van der Waals surface area contributed by atoms with Gasteiger partial charge in [0.2, 0.25) is 0 Å². The van der Waals surface area contributed by atoms with Crippen molar-refractivity contribution in [3.05, 3.63) is 28.2 Å². The van der Waals surface area contributed by atoms with Gasteiger partial charge < -0.3 is 10.6 Å². The first-order valence-corrected chi connectivity index (χ1v) is 7.17. The molecule has 0 radical (unpaired) electrons. The Morgan fingerprint density at radius 1 is 1.39 bits per heavy atom. The van der Waals surface area contributed by atoms with E-state index in [9.17, 15) is 0 Å². The van der Waals surface area contributed by atoms with Crippen LogP contribution in [0.3, 0.4) is 0 Å². The SMILES string of the molecule is CC(N(C)c1ccc(C(N)=S)c(Br)c1)C(C)(C)C. The summed E-state index contributed by atoms with van der Waals surface area (Å²) in [5.41, 5.74) is 7.92. The third-order valence-electron chi connectivity index (χ3n) is 3.46. The van der Waals surface area contributed by atoms with E-state index in [1.54, 1.807) is 0 Å². The van der Waals surface area contributed by atoms with Gasteiger partial charge in [0.25, 0.3) is 0 Å². The van der Waals surface area contributed by atoms with Gasteiger partial charge in [0.05, 0.1) is 0 Å². The maximum Gasteiger partial charge on any atom is 0.105 e. The molecule has 18 heavy (non-hydrogen) atoms. The molecule has 0 heterocycles. The smallest absolute Gasteiger partial charge is 0.105 e. The summed E-state index contributed by atoms with van der Waals surface area (Å²) in [5, 5.41) is 0. The summed E-state index contributed by atoms with van der Waals surface area (Å²) in [4.78, 5) is 2.69. The van der Waals surface area contributed by atoms with Crippen molar-refractivity contribution in [3.63, 3.8) is 0 Å². The molecular formula is C14H21BrN2S. The Morgan fingerprint density at radius 2 is 1.94 bits per heavy atom. The number of rotatable bonds is 3. The number of hydrogen-bond acceptors (Lipinski definition) is 2. The molecule has 0 fully saturated rings. The molecule has 0 saturated heterocycles. The van der Waals surface area contributed by atoms with Gasteiger partial charge in [0, 0.05) is 28.8 Å². The van der Waals surface area contributed by atoms with Crippen molar-refractivity contribution in [1.29, 1.82) is 0 Å². The number of anilines is 1. The van der Waals surface area contributed by atoms with E-state index < -0.39 is 0 Å². The second-order valence-electron chi connectivity index (χ2n) is 5.68. The number of halogens is 1. The number of thiocarbonyl (C=S) groups is 1. The molecule has 0 aliphatic carbocycles. The van der Waals surface area contributed by atoms with Crippen LogP contribution >= 0.6 is 28.1 Å². The van der Waals surface area contributed by atoms with E-state index in [1.807, 2.05) is 6.07 Å². The normalized spacial score (nSPS) is 13.2. The Labute approximate surface area is 124 Å². The van der Waals surface area contributed by atoms with Crippen molar-refractivity contribution in [2.24, 2.45) is 11.1 Å². The summed E-state index contributed by atoms with van der Waals surface area (Å²) in [7, 11) is 2.11. The van der Waals surface area contributed by atoms with E-state index in [4.69, 9.17) is 18.0 Å². The van der Waals surface area contributed by atoms with E-state index in [0.29, 0.717) is 11.0 Å². The van der Waals surface area contributed by atoms with Crippen LogP contribution in [0.15, 0.2) is 22.7 Å². The minimum absolute atomic E-state index is 0.225. The first-order chi connectivity index (χ1) is 8.14. The fourth-order valence-corrected chi connectivity index (χ4v) is 2.62. The van der Waals surface area contributed by atoms with Gasteiger partial charge in [-0.15, -0.1) is 0 Å². The first kappa shape index (κ1) is 15.4. The molecule has 0 aliphatic heterocycles. The van der Waals surface area contributed by atoms with E-state index >= 15 is 0 Å². The minimum atomic E-state index is 0.225. The second kappa shape index (κ2) is 5.57. The molecule has 2 N–H and O–H groups in total. The van der Waals surface area contributed by atoms with Gasteiger partial charge in [0.15, 0.2) is 0 Å². The molecule has 1 aromatic carbocycles. The molecule has 0 spiro atoms. The van der Waals surface area contributed by atoms with Crippen LogP contribution in [0.2, 0.25) is 0 Å². The van der Waals surface area contributed by atoms with Crippen molar-refractivity contribution in [2.45, 2.75) is 33.7 Å². The molecule has 100 valence electrons. The molecule has 0 aliphatic rings. The Bertz CT molecular complexity index is 452. The molecule has 0 bridgehead atoms. The van der Waals surface area contributed by atoms with Gasteiger partial charge in [-0.25, -0.2) is 0 Å². The van der Waals surface area contributed by atoms with E-state index in [1.165, 1.54) is 0 Å². The van der Waals surface area contributed by atoms with Crippen molar-refractivity contribution in [3.8, 4) is 0 Å². The quantitative estimate of drug-likeness (QED) is 0.852. The second-order valence-corrected chi connectivity index (χ2v) is 6.98. The highest BCUT2D eigenvalue weighted by molar-refractivity contribution is 9.10. The van der Waals surface area contributed by atoms with Crippen molar-refractivity contribution < 1.29 is 0 Å². The molecule has 1 unspecified atom stereocenters. The van der Waals surface area contributed by atoms with E-state index in [0.717, 1.165) is 15.7 Å². The molecule has 1 rings (SSSR count). The summed E-state index contributed by atoms with van der Waals surface area (Å²) in [6.45, 7) is 8.96. The van der Waals surface area contributed by atoms with Gasteiger partial charge in [-0.2, -0.15) is 0 Å². The van der Waals surface area contributed by atoms with Gasteiger partial charge >= 0.3 is 0 Å². The Kier molecular flexibility index (Phi) is 4.78. The number of nitrogens with zero attached hydrogens (tertiary/aromatic N) is 1. The topological polar surface area (TPSA) is 29.3 Å². The van der Waals surface area contributed by atoms with Gasteiger partial charge in [0.1, 0.15) is 4.99 Å². The predicted molar refractivity (Wildman–Crippen MR) is 87.3 cm³/mol. The van der Waals surface area contributed by atoms with Crippen LogP contribution < -0.4 is 10.6 Å². The van der Waals surface area contributed by atoms with Crippen molar-refractivity contribution in [1.82, 2.24) is 0 Å². The fraction of sp³-hybridized carbons (Fsp3) is 0.500. The zero-order valence-electron chi connectivity index (χ0n) is 11.6. The minimum Gasteiger partial charge on any atom is -0.389 e. The molecule has 0 saturated carbocycles. The Morgan fingerprint density at radius 3 is 2.33 bits per heavy atom. The molecule has 1 atom stereocenters. The van der Waals surface area contributed by atoms with E-state index in [2.05, 4.69) is 67.7 Å². The number of nitrogens with two attached hydrogens (primary N) is 1. The number of hydrogen-bond donors (Lipinski definition) is 1. The zero-order chi connectivity index (χ0) is 14.1. The third-order valence-corrected chi connectivity index (χ3v) is 4.34. The third kappa shape index (κ3) is 3.45. The lowest BCUT2D eigenvalue weighted by Gasteiger charge is -2.37. The molecule has 2 nitrogen and oxygen atoms in total. The highest BCUT2D eigenvalue weighted by Crippen LogP contribution is 2.30. The summed E-state index contributed by atoms with van der Waals surface area (Å²) in [6.07, 6.45) is 0. The maximum absolute atomic E-state index is 5.66. The lowest BCUT2D eigenvalue weighted by Crippen LogP contribution is -2.39. The lowest BCUT2D eigenvalue weighted by atomic mass is 9.87. The highest BCUT2D eigenvalue weighted by Gasteiger charge is 2.24. The van der Waals surface area contributed by atoms with Gasteiger partial charge in [-0.05, 0) is 46.5 Å². The van der Waals surface area contributed by atoms with Crippen LogP contribution in [-0.2, 0) is 0 Å². The molecule has 0 amide bonds. The molecule has 4 heteroatoms. The van der Waals surface area contributed by atoms with Crippen LogP contribution in [0, 0.1) is 5.41 Å². The summed E-state index contributed by atoms with van der Waals surface area (Å²) in [6, 6.07) is 6.52. The molecule has 1 aromatic rings. The van der Waals surface area contributed by atoms with Crippen LogP contribution in [-0.4, -0.2) is 18.1 Å². The summed E-state index contributed by atoms with van der Waals surface area (Å²) in [5.74, 6) is 0. The number of benzene rings is 1. The van der Waals surface area contributed by atoms with Crippen molar-refractivity contribution in [2.75, 3.05) is 11.9 Å². The van der Waals surface area contributed by atoms with Crippen LogP contribution in [0.25, 0.3) is 0 Å². The van der Waals surface area contributed by atoms with E-state index in [-0.39, 0.29) is 5.41 Å². The van der Waals surface area contributed by atoms with Gasteiger partial charge in [-0.1, -0.05) is 33.0 Å². The first-order valence-electron chi connectivity index (χ1n) is 5.96. The summed E-state index contributed by atoms with van der Waals surface area (Å²) >= 11 is 8.52. The monoisotopic (exact) mass is 328 g/mol. The standard InChI is InChI=1S/C14H21BrN2S/c1-9(14(2,3)4)17(5)10-6-7-11(13(16)18)12(15)8-10/h6-9H,1-5H3,(H2,16,18). The average molecular weight is 329 g/mol. The van der Waals surface area contributed by atoms with Gasteiger partial charge in [-0.3, -0.25) is 0 Å². The lowest BCUT2D eigenvalue weighted by molar-refractivity contribution is 0.330. The van der Waals surface area contributed by atoms with Crippen molar-refractivity contribution >= 4 is 38.8 Å². The molecular weight excluding hydrogens is 308 g/mol. The largest absolute Gasteiger partial charge is 0.389 e. The Balaban J connectivity index is 3.05. The van der Waals surface area contributed by atoms with Crippen LogP contribution in [0.4, 0.5) is 5.69 Å².